The summed E-state index contributed by atoms with van der Waals surface area (Å²) in [5, 5.41) is 4.86. The van der Waals surface area contributed by atoms with Crippen LogP contribution in [0.2, 0.25) is 0 Å². The Morgan fingerprint density at radius 2 is 2.06 bits per heavy atom. The summed E-state index contributed by atoms with van der Waals surface area (Å²) in [5.41, 5.74) is 1.90. The molecule has 0 saturated heterocycles. The first-order valence-corrected chi connectivity index (χ1v) is 7.45. The Balaban J connectivity index is 2.16. The molecule has 102 valence electrons. The Hall–Kier alpha value is -0.870. The lowest BCUT2D eigenvalue weighted by atomic mass is 10.1. The highest BCUT2D eigenvalue weighted by Gasteiger charge is 2.11. The summed E-state index contributed by atoms with van der Waals surface area (Å²) in [4.78, 5) is 13.1. The summed E-state index contributed by atoms with van der Waals surface area (Å²) < 4.78 is 5.44. The summed E-state index contributed by atoms with van der Waals surface area (Å²) in [7, 11) is 0. The number of hydrogen-bond acceptors (Lipinski definition) is 3. The predicted molar refractivity (Wildman–Crippen MR) is 76.5 cm³/mol. The lowest BCUT2D eigenvalue weighted by molar-refractivity contribution is 0.0940. The van der Waals surface area contributed by atoms with Gasteiger partial charge in [-0.2, -0.15) is 0 Å². The number of unbranched alkanes of at least 4 members (excludes halogenated alkanes) is 1. The van der Waals surface area contributed by atoms with Crippen LogP contribution in [0.1, 0.15) is 47.0 Å². The standard InChI is InChI=1S/C14H23NO2S/c1-4-5-8-17-9-6-7-15-14(16)13-10-18-12(3)11(13)2/h10H,4-9H2,1-3H3,(H,15,16). The van der Waals surface area contributed by atoms with Crippen molar-refractivity contribution in [1.29, 1.82) is 0 Å². The molecule has 1 amide bonds. The van der Waals surface area contributed by atoms with E-state index in [-0.39, 0.29) is 5.91 Å². The maximum atomic E-state index is 11.9. The Morgan fingerprint density at radius 3 is 2.67 bits per heavy atom. The number of amides is 1. The van der Waals surface area contributed by atoms with Gasteiger partial charge in [0.2, 0.25) is 0 Å². The van der Waals surface area contributed by atoms with E-state index in [4.69, 9.17) is 4.74 Å². The number of thiophene rings is 1. The fourth-order valence-corrected chi connectivity index (χ4v) is 2.42. The van der Waals surface area contributed by atoms with Gasteiger partial charge in [0, 0.05) is 30.0 Å². The second-order valence-corrected chi connectivity index (χ2v) is 5.49. The minimum absolute atomic E-state index is 0.0328. The van der Waals surface area contributed by atoms with Gasteiger partial charge in [-0.05, 0) is 32.3 Å². The topological polar surface area (TPSA) is 38.3 Å². The molecule has 0 aliphatic rings. The Morgan fingerprint density at radius 1 is 1.33 bits per heavy atom. The molecule has 0 unspecified atom stereocenters. The minimum Gasteiger partial charge on any atom is -0.381 e. The van der Waals surface area contributed by atoms with E-state index < -0.39 is 0 Å². The Kier molecular flexibility index (Phi) is 6.98. The molecule has 1 aromatic rings. The van der Waals surface area contributed by atoms with E-state index in [9.17, 15) is 4.79 Å². The van der Waals surface area contributed by atoms with E-state index in [0.717, 1.165) is 43.6 Å². The van der Waals surface area contributed by atoms with E-state index in [1.54, 1.807) is 11.3 Å². The Labute approximate surface area is 114 Å². The van der Waals surface area contributed by atoms with Gasteiger partial charge in [0.15, 0.2) is 0 Å². The number of carbonyl (C=O) groups is 1. The summed E-state index contributed by atoms with van der Waals surface area (Å²) in [6.45, 7) is 8.41. The molecule has 4 heteroatoms. The molecule has 1 rings (SSSR count). The molecular formula is C14H23NO2S. The number of ether oxygens (including phenoxy) is 1. The van der Waals surface area contributed by atoms with Gasteiger partial charge in [0.1, 0.15) is 0 Å². The summed E-state index contributed by atoms with van der Waals surface area (Å²) in [5.74, 6) is 0.0328. The zero-order valence-corrected chi connectivity index (χ0v) is 12.4. The van der Waals surface area contributed by atoms with Crippen molar-refractivity contribution in [1.82, 2.24) is 5.32 Å². The Bertz CT molecular complexity index is 374. The van der Waals surface area contributed by atoms with Gasteiger partial charge in [-0.25, -0.2) is 0 Å². The van der Waals surface area contributed by atoms with Gasteiger partial charge in [0.25, 0.3) is 5.91 Å². The minimum atomic E-state index is 0.0328. The van der Waals surface area contributed by atoms with Crippen molar-refractivity contribution < 1.29 is 9.53 Å². The molecule has 0 aliphatic heterocycles. The third kappa shape index (κ3) is 4.78. The first-order valence-electron chi connectivity index (χ1n) is 6.57. The molecule has 1 aromatic heterocycles. The van der Waals surface area contributed by atoms with E-state index >= 15 is 0 Å². The van der Waals surface area contributed by atoms with Crippen LogP contribution in [-0.2, 0) is 4.74 Å². The lowest BCUT2D eigenvalue weighted by Gasteiger charge is -2.06. The van der Waals surface area contributed by atoms with Crippen molar-refractivity contribution in [2.45, 2.75) is 40.0 Å². The van der Waals surface area contributed by atoms with Crippen molar-refractivity contribution in [3.8, 4) is 0 Å². The van der Waals surface area contributed by atoms with Gasteiger partial charge in [0.05, 0.1) is 5.56 Å². The van der Waals surface area contributed by atoms with Crippen LogP contribution in [0.4, 0.5) is 0 Å². The van der Waals surface area contributed by atoms with Crippen molar-refractivity contribution in [3.63, 3.8) is 0 Å². The van der Waals surface area contributed by atoms with Gasteiger partial charge in [-0.1, -0.05) is 13.3 Å². The van der Waals surface area contributed by atoms with Gasteiger partial charge < -0.3 is 10.1 Å². The first kappa shape index (κ1) is 15.2. The molecule has 3 nitrogen and oxygen atoms in total. The maximum absolute atomic E-state index is 11.9. The van der Waals surface area contributed by atoms with Crippen molar-refractivity contribution in [2.24, 2.45) is 0 Å². The fourth-order valence-electron chi connectivity index (χ4n) is 1.56. The summed E-state index contributed by atoms with van der Waals surface area (Å²) in [6, 6.07) is 0. The molecule has 0 fully saturated rings. The molecule has 0 atom stereocenters. The highest BCUT2D eigenvalue weighted by atomic mass is 32.1. The van der Waals surface area contributed by atoms with Crippen LogP contribution in [0.15, 0.2) is 5.38 Å². The molecule has 0 aromatic carbocycles. The third-order valence-electron chi connectivity index (χ3n) is 2.92. The van der Waals surface area contributed by atoms with Crippen molar-refractivity contribution in [3.05, 3.63) is 21.4 Å². The highest BCUT2D eigenvalue weighted by Crippen LogP contribution is 2.20. The average Bonchev–Trinajstić information content (AvgIpc) is 2.69. The normalized spacial score (nSPS) is 10.6. The zero-order valence-electron chi connectivity index (χ0n) is 11.5. The van der Waals surface area contributed by atoms with Crippen molar-refractivity contribution >= 4 is 17.2 Å². The largest absolute Gasteiger partial charge is 0.381 e. The first-order chi connectivity index (χ1) is 8.66. The van der Waals surface area contributed by atoms with Gasteiger partial charge >= 0.3 is 0 Å². The van der Waals surface area contributed by atoms with Crippen LogP contribution in [-0.4, -0.2) is 25.7 Å². The van der Waals surface area contributed by atoms with E-state index in [0.29, 0.717) is 6.54 Å². The SMILES string of the molecule is CCCCOCCCNC(=O)c1csc(C)c1C. The molecule has 0 bridgehead atoms. The second-order valence-electron chi connectivity index (χ2n) is 4.41. The molecule has 18 heavy (non-hydrogen) atoms. The lowest BCUT2D eigenvalue weighted by Crippen LogP contribution is -2.25. The van der Waals surface area contributed by atoms with E-state index in [1.165, 1.54) is 4.88 Å². The van der Waals surface area contributed by atoms with Crippen LogP contribution >= 0.6 is 11.3 Å². The highest BCUT2D eigenvalue weighted by molar-refractivity contribution is 7.10. The third-order valence-corrected chi connectivity index (χ3v) is 3.94. The quantitative estimate of drug-likeness (QED) is 0.735. The fraction of sp³-hybridized carbons (Fsp3) is 0.643. The molecule has 1 heterocycles. The van der Waals surface area contributed by atoms with Crippen LogP contribution < -0.4 is 5.32 Å². The predicted octanol–water partition coefficient (Wildman–Crippen LogP) is 3.30. The smallest absolute Gasteiger partial charge is 0.252 e. The molecule has 0 radical (unpaired) electrons. The van der Waals surface area contributed by atoms with Crippen LogP contribution in [0.25, 0.3) is 0 Å². The molecular weight excluding hydrogens is 246 g/mol. The van der Waals surface area contributed by atoms with Crippen molar-refractivity contribution in [2.75, 3.05) is 19.8 Å². The summed E-state index contributed by atoms with van der Waals surface area (Å²) >= 11 is 1.63. The maximum Gasteiger partial charge on any atom is 0.252 e. The molecule has 0 aliphatic carbocycles. The summed E-state index contributed by atoms with van der Waals surface area (Å²) in [6.07, 6.45) is 3.14. The van der Waals surface area contributed by atoms with Crippen LogP contribution in [0, 0.1) is 13.8 Å². The molecule has 0 spiro atoms. The molecule has 1 N–H and O–H groups in total. The number of nitrogens with one attached hydrogen (secondary N) is 1. The second kappa shape index (κ2) is 8.27. The monoisotopic (exact) mass is 269 g/mol. The number of hydrogen-bond donors (Lipinski definition) is 1. The zero-order chi connectivity index (χ0) is 13.4. The van der Waals surface area contributed by atoms with Crippen LogP contribution in [0.5, 0.6) is 0 Å². The number of rotatable bonds is 8. The van der Waals surface area contributed by atoms with E-state index in [2.05, 4.69) is 12.2 Å². The average molecular weight is 269 g/mol. The van der Waals surface area contributed by atoms with Gasteiger partial charge in [-0.15, -0.1) is 11.3 Å². The number of aryl methyl sites for hydroxylation is 1. The van der Waals surface area contributed by atoms with Gasteiger partial charge in [-0.3, -0.25) is 4.79 Å². The number of carbonyl (C=O) groups excluding carboxylic acids is 1. The molecule has 0 saturated carbocycles. The van der Waals surface area contributed by atoms with Crippen LogP contribution in [0.3, 0.4) is 0 Å². The van der Waals surface area contributed by atoms with E-state index in [1.807, 2.05) is 19.2 Å².